The summed E-state index contributed by atoms with van der Waals surface area (Å²) < 4.78 is 10.6. The largest absolute Gasteiger partial charge is 0.376 e. The Morgan fingerprint density at radius 3 is 2.27 bits per heavy atom. The molecule has 0 rings (SSSR count). The first kappa shape index (κ1) is 10.9. The molecule has 0 aromatic rings. The molecule has 0 bridgehead atoms. The van der Waals surface area contributed by atoms with E-state index in [-0.39, 0.29) is 12.2 Å². The van der Waals surface area contributed by atoms with Crippen LogP contribution in [0.3, 0.4) is 0 Å². The molecule has 0 aromatic carbocycles. The molecule has 0 amide bonds. The van der Waals surface area contributed by atoms with Gasteiger partial charge in [-0.15, -0.1) is 0 Å². The van der Waals surface area contributed by atoms with E-state index in [4.69, 9.17) is 15.2 Å². The van der Waals surface area contributed by atoms with Gasteiger partial charge in [0, 0.05) is 13.2 Å². The van der Waals surface area contributed by atoms with Crippen molar-refractivity contribution in [1.82, 2.24) is 0 Å². The van der Waals surface area contributed by atoms with Crippen molar-refractivity contribution in [3.8, 4) is 0 Å². The predicted octanol–water partition coefficient (Wildman–Crippen LogP) is 0.775. The molecule has 3 heteroatoms. The smallest absolute Gasteiger partial charge is 0.0930 e. The van der Waals surface area contributed by atoms with Crippen molar-refractivity contribution in [3.05, 3.63) is 0 Å². The molecule has 0 heterocycles. The number of hydrogen-bond donors (Lipinski definition) is 1. The zero-order valence-electron chi connectivity index (χ0n) is 7.67. The standard InChI is InChI=1S/C8H19NO2/c1-4-10-8(5-9)6-11-7(2)3/h7-8H,4-6,9H2,1-3H3/t8-/m0/s1. The summed E-state index contributed by atoms with van der Waals surface area (Å²) in [7, 11) is 0. The fraction of sp³-hybridized carbons (Fsp3) is 1.00. The van der Waals surface area contributed by atoms with Crippen molar-refractivity contribution in [1.29, 1.82) is 0 Å². The molecule has 0 saturated carbocycles. The molecule has 1 atom stereocenters. The zero-order valence-corrected chi connectivity index (χ0v) is 7.67. The second kappa shape index (κ2) is 6.58. The molecule has 0 aromatic heterocycles. The second-order valence-electron chi connectivity index (χ2n) is 2.70. The van der Waals surface area contributed by atoms with Crippen LogP contribution in [0.2, 0.25) is 0 Å². The maximum atomic E-state index is 5.44. The summed E-state index contributed by atoms with van der Waals surface area (Å²) in [5, 5.41) is 0. The van der Waals surface area contributed by atoms with Crippen LogP contribution < -0.4 is 5.73 Å². The average Bonchev–Trinajstić information content (AvgIpc) is 1.97. The van der Waals surface area contributed by atoms with E-state index in [1.165, 1.54) is 0 Å². The van der Waals surface area contributed by atoms with Crippen molar-refractivity contribution in [2.45, 2.75) is 33.0 Å². The second-order valence-corrected chi connectivity index (χ2v) is 2.70. The zero-order chi connectivity index (χ0) is 8.69. The Morgan fingerprint density at radius 1 is 1.27 bits per heavy atom. The van der Waals surface area contributed by atoms with E-state index in [1.54, 1.807) is 0 Å². The van der Waals surface area contributed by atoms with Crippen molar-refractivity contribution in [2.75, 3.05) is 19.8 Å². The Kier molecular flexibility index (Phi) is 6.51. The number of ether oxygens (including phenoxy) is 2. The van der Waals surface area contributed by atoms with Gasteiger partial charge in [-0.05, 0) is 20.8 Å². The maximum absolute atomic E-state index is 5.44. The minimum Gasteiger partial charge on any atom is -0.376 e. The molecule has 0 radical (unpaired) electrons. The van der Waals surface area contributed by atoms with E-state index in [9.17, 15) is 0 Å². The molecule has 0 aliphatic rings. The van der Waals surface area contributed by atoms with Crippen LogP contribution in [0, 0.1) is 0 Å². The molecule has 3 nitrogen and oxygen atoms in total. The van der Waals surface area contributed by atoms with Crippen molar-refractivity contribution >= 4 is 0 Å². The summed E-state index contributed by atoms with van der Waals surface area (Å²) in [4.78, 5) is 0. The van der Waals surface area contributed by atoms with Crippen LogP contribution in [-0.2, 0) is 9.47 Å². The summed E-state index contributed by atoms with van der Waals surface area (Å²) in [6, 6.07) is 0. The van der Waals surface area contributed by atoms with E-state index in [1.807, 2.05) is 20.8 Å². The summed E-state index contributed by atoms with van der Waals surface area (Å²) in [6.07, 6.45) is 0.312. The highest BCUT2D eigenvalue weighted by atomic mass is 16.5. The van der Waals surface area contributed by atoms with Gasteiger partial charge in [0.05, 0.1) is 18.8 Å². The first-order valence-electron chi connectivity index (χ1n) is 4.14. The first-order valence-corrected chi connectivity index (χ1v) is 4.14. The topological polar surface area (TPSA) is 44.5 Å². The summed E-state index contributed by atoms with van der Waals surface area (Å²) in [6.45, 7) is 7.78. The van der Waals surface area contributed by atoms with Crippen molar-refractivity contribution in [2.24, 2.45) is 5.73 Å². The van der Waals surface area contributed by atoms with Crippen LogP contribution in [0.4, 0.5) is 0 Å². The van der Waals surface area contributed by atoms with Crippen LogP contribution in [0.25, 0.3) is 0 Å². The first-order chi connectivity index (χ1) is 5.20. The Morgan fingerprint density at radius 2 is 1.91 bits per heavy atom. The highest BCUT2D eigenvalue weighted by Crippen LogP contribution is 1.94. The Balaban J connectivity index is 3.35. The minimum atomic E-state index is 0.0578. The molecule has 0 fully saturated rings. The Hall–Kier alpha value is -0.120. The van der Waals surface area contributed by atoms with Gasteiger partial charge in [0.15, 0.2) is 0 Å². The van der Waals surface area contributed by atoms with Crippen LogP contribution in [0.1, 0.15) is 20.8 Å². The molecule has 0 spiro atoms. The molecule has 0 unspecified atom stereocenters. The van der Waals surface area contributed by atoms with Gasteiger partial charge in [0.25, 0.3) is 0 Å². The molecule has 2 N–H and O–H groups in total. The third-order valence-corrected chi connectivity index (χ3v) is 1.28. The van der Waals surface area contributed by atoms with Gasteiger partial charge in [-0.25, -0.2) is 0 Å². The monoisotopic (exact) mass is 161 g/mol. The van der Waals surface area contributed by atoms with Gasteiger partial charge in [-0.3, -0.25) is 0 Å². The van der Waals surface area contributed by atoms with Gasteiger partial charge < -0.3 is 15.2 Å². The lowest BCUT2D eigenvalue weighted by Crippen LogP contribution is -2.29. The predicted molar refractivity (Wildman–Crippen MR) is 45.6 cm³/mol. The van der Waals surface area contributed by atoms with Crippen molar-refractivity contribution in [3.63, 3.8) is 0 Å². The molecule has 0 aliphatic heterocycles. The molecule has 0 saturated heterocycles. The Bertz CT molecular complexity index is 86.2. The highest BCUT2D eigenvalue weighted by Gasteiger charge is 2.06. The number of rotatable bonds is 6. The lowest BCUT2D eigenvalue weighted by molar-refractivity contribution is -0.0265. The van der Waals surface area contributed by atoms with Gasteiger partial charge in [-0.1, -0.05) is 0 Å². The molecular formula is C8H19NO2. The van der Waals surface area contributed by atoms with Crippen molar-refractivity contribution < 1.29 is 9.47 Å². The van der Waals surface area contributed by atoms with E-state index in [0.717, 1.165) is 0 Å². The average molecular weight is 161 g/mol. The summed E-state index contributed by atoms with van der Waals surface area (Å²) in [5.41, 5.74) is 5.44. The van der Waals surface area contributed by atoms with Gasteiger partial charge >= 0.3 is 0 Å². The SMILES string of the molecule is CCO[C@@H](CN)COC(C)C. The van der Waals surface area contributed by atoms with E-state index < -0.39 is 0 Å². The van der Waals surface area contributed by atoms with Crippen LogP contribution >= 0.6 is 0 Å². The summed E-state index contributed by atoms with van der Waals surface area (Å²) >= 11 is 0. The van der Waals surface area contributed by atoms with Gasteiger partial charge in [-0.2, -0.15) is 0 Å². The fourth-order valence-electron chi connectivity index (χ4n) is 0.720. The van der Waals surface area contributed by atoms with Crippen LogP contribution in [0.5, 0.6) is 0 Å². The highest BCUT2D eigenvalue weighted by molar-refractivity contribution is 4.56. The normalized spacial score (nSPS) is 13.9. The maximum Gasteiger partial charge on any atom is 0.0930 e. The molecule has 68 valence electrons. The van der Waals surface area contributed by atoms with Gasteiger partial charge in [0.1, 0.15) is 0 Å². The third-order valence-electron chi connectivity index (χ3n) is 1.28. The lowest BCUT2D eigenvalue weighted by Gasteiger charge is -2.16. The number of hydrogen-bond acceptors (Lipinski definition) is 3. The molecular weight excluding hydrogens is 142 g/mol. The van der Waals surface area contributed by atoms with E-state index in [2.05, 4.69) is 0 Å². The quantitative estimate of drug-likeness (QED) is 0.626. The lowest BCUT2D eigenvalue weighted by atomic mass is 10.4. The van der Waals surface area contributed by atoms with Gasteiger partial charge in [0.2, 0.25) is 0 Å². The fourth-order valence-corrected chi connectivity index (χ4v) is 0.720. The van der Waals surface area contributed by atoms with Crippen LogP contribution in [-0.4, -0.2) is 32.0 Å². The molecule has 11 heavy (non-hydrogen) atoms. The number of nitrogens with two attached hydrogens (primary N) is 1. The molecule has 0 aliphatic carbocycles. The third kappa shape index (κ3) is 6.28. The minimum absolute atomic E-state index is 0.0578. The Labute approximate surface area is 68.9 Å². The summed E-state index contributed by atoms with van der Waals surface area (Å²) in [5.74, 6) is 0. The van der Waals surface area contributed by atoms with Crippen LogP contribution in [0.15, 0.2) is 0 Å². The van der Waals surface area contributed by atoms with E-state index in [0.29, 0.717) is 19.8 Å². The van der Waals surface area contributed by atoms with E-state index >= 15 is 0 Å².